The van der Waals surface area contributed by atoms with Crippen LogP contribution in [0.2, 0.25) is 0 Å². The Morgan fingerprint density at radius 2 is 2.16 bits per heavy atom. The number of furan rings is 1. The summed E-state index contributed by atoms with van der Waals surface area (Å²) in [6.07, 6.45) is 2.22. The van der Waals surface area contributed by atoms with Crippen molar-refractivity contribution in [1.82, 2.24) is 10.0 Å². The van der Waals surface area contributed by atoms with Gasteiger partial charge in [0, 0.05) is 18.7 Å². The second kappa shape index (κ2) is 5.95. The van der Waals surface area contributed by atoms with Crippen molar-refractivity contribution in [1.29, 1.82) is 0 Å². The number of hydrogen-bond donors (Lipinski definition) is 2. The summed E-state index contributed by atoms with van der Waals surface area (Å²) < 4.78 is 32.5. The molecule has 1 heterocycles. The van der Waals surface area contributed by atoms with Gasteiger partial charge in [0.05, 0.1) is 6.54 Å². The Bertz CT molecular complexity index is 535. The van der Waals surface area contributed by atoms with Gasteiger partial charge in [0.1, 0.15) is 10.7 Å². The minimum atomic E-state index is -3.48. The van der Waals surface area contributed by atoms with Crippen LogP contribution in [0.5, 0.6) is 0 Å². The second-order valence-electron chi connectivity index (χ2n) is 5.18. The van der Waals surface area contributed by atoms with Crippen LogP contribution in [0.4, 0.5) is 0 Å². The summed E-state index contributed by atoms with van der Waals surface area (Å²) in [5.41, 5.74) is 0. The normalized spacial score (nSPS) is 16.2. The average Bonchev–Trinajstić information content (AvgIpc) is 3.07. The van der Waals surface area contributed by atoms with Gasteiger partial charge in [-0.25, -0.2) is 13.1 Å². The lowest BCUT2D eigenvalue weighted by molar-refractivity contribution is 0.447. The Morgan fingerprint density at radius 1 is 1.47 bits per heavy atom. The first-order valence-corrected chi connectivity index (χ1v) is 8.67. The summed E-state index contributed by atoms with van der Waals surface area (Å²) in [6, 6.07) is 1.88. The maximum atomic E-state index is 12.1. The average molecular weight is 351 g/mol. The maximum absolute atomic E-state index is 12.1. The van der Waals surface area contributed by atoms with Crippen molar-refractivity contribution >= 4 is 26.0 Å². The first-order chi connectivity index (χ1) is 8.88. The van der Waals surface area contributed by atoms with Crippen molar-refractivity contribution in [2.45, 2.75) is 44.2 Å². The fourth-order valence-corrected chi connectivity index (χ4v) is 3.71. The highest BCUT2D eigenvalue weighted by Gasteiger charge is 2.27. The molecule has 5 nitrogen and oxygen atoms in total. The smallest absolute Gasteiger partial charge is 0.244 e. The van der Waals surface area contributed by atoms with E-state index >= 15 is 0 Å². The van der Waals surface area contributed by atoms with E-state index in [1.54, 1.807) is 6.07 Å². The largest absolute Gasteiger partial charge is 0.452 e. The molecule has 7 heteroatoms. The molecular weight excluding hydrogens is 332 g/mol. The Labute approximate surface area is 122 Å². The highest BCUT2D eigenvalue weighted by atomic mass is 79.9. The van der Waals surface area contributed by atoms with Crippen LogP contribution in [-0.2, 0) is 16.6 Å². The number of nitrogens with one attached hydrogen (secondary N) is 2. The topological polar surface area (TPSA) is 71.3 Å². The third-order valence-electron chi connectivity index (χ3n) is 2.94. The number of sulfonamides is 1. The molecule has 2 N–H and O–H groups in total. The van der Waals surface area contributed by atoms with Crippen molar-refractivity contribution in [2.24, 2.45) is 5.92 Å². The standard InChI is InChI=1S/C12H19BrN2O3S/c1-8(2)14-7-10-5-11(12(13)18-10)19(16,17)15-6-9-3-4-9/h5,8-9,14-15H,3-4,6-7H2,1-2H3. The third kappa shape index (κ3) is 4.30. The van der Waals surface area contributed by atoms with E-state index in [2.05, 4.69) is 26.0 Å². The minimum absolute atomic E-state index is 0.175. The molecule has 108 valence electrons. The molecule has 1 aromatic rings. The summed E-state index contributed by atoms with van der Waals surface area (Å²) in [6.45, 7) is 5.06. The first kappa shape index (κ1) is 15.0. The van der Waals surface area contributed by atoms with Crippen molar-refractivity contribution in [3.05, 3.63) is 16.5 Å². The molecule has 1 aromatic heterocycles. The molecule has 0 saturated heterocycles. The van der Waals surface area contributed by atoms with E-state index in [9.17, 15) is 8.42 Å². The molecule has 0 spiro atoms. The number of rotatable bonds is 7. The van der Waals surface area contributed by atoms with Gasteiger partial charge in [-0.3, -0.25) is 0 Å². The first-order valence-electron chi connectivity index (χ1n) is 6.39. The summed E-state index contributed by atoms with van der Waals surface area (Å²) in [7, 11) is -3.48. The lowest BCUT2D eigenvalue weighted by atomic mass is 10.3. The quantitative estimate of drug-likeness (QED) is 0.790. The van der Waals surface area contributed by atoms with Crippen molar-refractivity contribution in [3.8, 4) is 0 Å². The molecule has 0 radical (unpaired) electrons. The summed E-state index contributed by atoms with van der Waals surface area (Å²) in [5, 5.41) is 3.18. The molecule has 0 atom stereocenters. The van der Waals surface area contributed by atoms with E-state index < -0.39 is 10.0 Å². The Hall–Kier alpha value is -0.370. The van der Waals surface area contributed by atoms with E-state index in [1.165, 1.54) is 0 Å². The van der Waals surface area contributed by atoms with Gasteiger partial charge in [-0.05, 0) is 34.7 Å². The van der Waals surface area contributed by atoms with Crippen LogP contribution in [0.1, 0.15) is 32.4 Å². The van der Waals surface area contributed by atoms with Gasteiger partial charge in [-0.2, -0.15) is 0 Å². The van der Waals surface area contributed by atoms with Crippen LogP contribution in [0.25, 0.3) is 0 Å². The Kier molecular flexibility index (Phi) is 4.70. The van der Waals surface area contributed by atoms with Crippen LogP contribution < -0.4 is 10.0 Å². The zero-order valence-corrected chi connectivity index (χ0v) is 13.5. The van der Waals surface area contributed by atoms with E-state index in [0.29, 0.717) is 30.8 Å². The van der Waals surface area contributed by atoms with E-state index in [1.807, 2.05) is 13.8 Å². The van der Waals surface area contributed by atoms with Crippen LogP contribution in [-0.4, -0.2) is 21.0 Å². The lowest BCUT2D eigenvalue weighted by Gasteiger charge is -2.04. The minimum Gasteiger partial charge on any atom is -0.452 e. The van der Waals surface area contributed by atoms with Gasteiger partial charge in [-0.15, -0.1) is 0 Å². The number of halogens is 1. The summed E-state index contributed by atoms with van der Waals surface area (Å²) in [5.74, 6) is 1.11. The molecule has 2 rings (SSSR count). The molecular formula is C12H19BrN2O3S. The van der Waals surface area contributed by atoms with Crippen LogP contribution in [0, 0.1) is 5.92 Å². The van der Waals surface area contributed by atoms with Gasteiger partial charge in [0.2, 0.25) is 10.0 Å². The van der Waals surface area contributed by atoms with Crippen molar-refractivity contribution in [3.63, 3.8) is 0 Å². The molecule has 0 aromatic carbocycles. The fraction of sp³-hybridized carbons (Fsp3) is 0.667. The number of hydrogen-bond acceptors (Lipinski definition) is 4. The fourth-order valence-electron chi connectivity index (χ4n) is 1.60. The second-order valence-corrected chi connectivity index (χ2v) is 7.64. The predicted molar refractivity (Wildman–Crippen MR) is 76.3 cm³/mol. The summed E-state index contributed by atoms with van der Waals surface area (Å²) in [4.78, 5) is 0.175. The monoisotopic (exact) mass is 350 g/mol. The highest BCUT2D eigenvalue weighted by molar-refractivity contribution is 9.10. The zero-order chi connectivity index (χ0) is 14.0. The van der Waals surface area contributed by atoms with E-state index in [-0.39, 0.29) is 9.56 Å². The summed E-state index contributed by atoms with van der Waals surface area (Å²) >= 11 is 3.17. The van der Waals surface area contributed by atoms with Gasteiger partial charge >= 0.3 is 0 Å². The van der Waals surface area contributed by atoms with Gasteiger partial charge in [0.15, 0.2) is 4.67 Å². The molecule has 0 aliphatic heterocycles. The lowest BCUT2D eigenvalue weighted by Crippen LogP contribution is -2.25. The van der Waals surface area contributed by atoms with Crippen LogP contribution >= 0.6 is 15.9 Å². The maximum Gasteiger partial charge on any atom is 0.244 e. The van der Waals surface area contributed by atoms with Crippen LogP contribution in [0.3, 0.4) is 0 Å². The zero-order valence-electron chi connectivity index (χ0n) is 11.1. The molecule has 1 fully saturated rings. The molecule has 1 aliphatic rings. The molecule has 0 bridgehead atoms. The van der Waals surface area contributed by atoms with E-state index in [4.69, 9.17) is 4.42 Å². The highest BCUT2D eigenvalue weighted by Crippen LogP contribution is 2.30. The SMILES string of the molecule is CC(C)NCc1cc(S(=O)(=O)NCC2CC2)c(Br)o1. The molecule has 1 aliphatic carbocycles. The van der Waals surface area contributed by atoms with Gasteiger partial charge < -0.3 is 9.73 Å². The van der Waals surface area contributed by atoms with Crippen LogP contribution in [0.15, 0.2) is 20.0 Å². The van der Waals surface area contributed by atoms with Crippen molar-refractivity contribution in [2.75, 3.05) is 6.54 Å². The van der Waals surface area contributed by atoms with Gasteiger partial charge in [0.25, 0.3) is 0 Å². The van der Waals surface area contributed by atoms with Crippen molar-refractivity contribution < 1.29 is 12.8 Å². The van der Waals surface area contributed by atoms with Gasteiger partial charge in [-0.1, -0.05) is 13.8 Å². The third-order valence-corrected chi connectivity index (χ3v) is 5.22. The Balaban J connectivity index is 2.05. The molecule has 1 saturated carbocycles. The Morgan fingerprint density at radius 3 is 2.74 bits per heavy atom. The molecule has 0 amide bonds. The predicted octanol–water partition coefficient (Wildman–Crippen LogP) is 2.23. The molecule has 0 unspecified atom stereocenters. The van der Waals surface area contributed by atoms with E-state index in [0.717, 1.165) is 12.8 Å². The molecule has 19 heavy (non-hydrogen) atoms.